The number of hydrogen-bond donors (Lipinski definition) is 4. The van der Waals surface area contributed by atoms with Crippen LogP contribution in [0.3, 0.4) is 0 Å². The number of esters is 2. The molecule has 0 radical (unpaired) electrons. The highest BCUT2D eigenvalue weighted by atomic mass is 16.6. The van der Waals surface area contributed by atoms with Crippen LogP contribution in [0.1, 0.15) is 66.5 Å². The van der Waals surface area contributed by atoms with Gasteiger partial charge in [-0.1, -0.05) is 38.1 Å². The summed E-state index contributed by atoms with van der Waals surface area (Å²) < 4.78 is 10.5. The second-order valence-corrected chi connectivity index (χ2v) is 14.6. The monoisotopic (exact) mass is 752 g/mol. The van der Waals surface area contributed by atoms with E-state index in [1.165, 1.54) is 6.07 Å². The zero-order valence-corrected chi connectivity index (χ0v) is 31.9. The van der Waals surface area contributed by atoms with Gasteiger partial charge in [0.25, 0.3) is 11.1 Å². The van der Waals surface area contributed by atoms with Gasteiger partial charge in [-0.3, -0.25) is 9.59 Å². The SMILES string of the molecule is CCc1cc(C(=O)OC(=O)c2c(O)c(CC)c(-c3ccc(N4CCN(C(=O)OC(C)(C)C)CC4)cc3)[nH]c2=O)c(=O)[nH]c1-c1ccc(N2CCNCC2)cc1. The summed E-state index contributed by atoms with van der Waals surface area (Å²) in [5.41, 5.74) is 1.72. The molecule has 55 heavy (non-hydrogen) atoms. The highest BCUT2D eigenvalue weighted by Gasteiger charge is 2.29. The molecule has 2 aromatic carbocycles. The molecule has 2 saturated heterocycles. The fourth-order valence-corrected chi connectivity index (χ4v) is 6.93. The third-order valence-corrected chi connectivity index (χ3v) is 9.85. The van der Waals surface area contributed by atoms with Gasteiger partial charge in [0.2, 0.25) is 0 Å². The van der Waals surface area contributed by atoms with E-state index in [2.05, 4.69) is 25.1 Å². The quantitative estimate of drug-likeness (QED) is 0.145. The Morgan fingerprint density at radius 1 is 0.727 bits per heavy atom. The van der Waals surface area contributed by atoms with Crippen molar-refractivity contribution in [1.82, 2.24) is 20.2 Å². The number of aromatic amines is 2. The molecule has 0 bridgehead atoms. The molecular formula is C41H48N6O8. The fourth-order valence-electron chi connectivity index (χ4n) is 6.93. The molecular weight excluding hydrogens is 704 g/mol. The van der Waals surface area contributed by atoms with E-state index in [-0.39, 0.29) is 18.1 Å². The van der Waals surface area contributed by atoms with Crippen molar-refractivity contribution in [1.29, 1.82) is 0 Å². The molecule has 14 nitrogen and oxygen atoms in total. The number of aryl methyl sites for hydroxylation is 1. The highest BCUT2D eigenvalue weighted by Crippen LogP contribution is 2.32. The molecule has 0 aliphatic carbocycles. The molecule has 0 saturated carbocycles. The van der Waals surface area contributed by atoms with Crippen molar-refractivity contribution in [3.8, 4) is 28.3 Å². The zero-order valence-electron chi connectivity index (χ0n) is 31.9. The van der Waals surface area contributed by atoms with Gasteiger partial charge in [0.1, 0.15) is 16.9 Å². The van der Waals surface area contributed by atoms with Gasteiger partial charge in [-0.15, -0.1) is 0 Å². The van der Waals surface area contributed by atoms with Gasteiger partial charge in [-0.2, -0.15) is 0 Å². The van der Waals surface area contributed by atoms with Gasteiger partial charge in [0, 0.05) is 69.3 Å². The summed E-state index contributed by atoms with van der Waals surface area (Å²) in [6, 6.07) is 16.6. The zero-order chi connectivity index (χ0) is 39.4. The molecule has 1 amide bonds. The maximum absolute atomic E-state index is 13.3. The molecule has 0 spiro atoms. The Kier molecular flexibility index (Phi) is 11.5. The van der Waals surface area contributed by atoms with E-state index in [1.54, 1.807) is 24.0 Å². The van der Waals surface area contributed by atoms with E-state index in [4.69, 9.17) is 9.47 Å². The number of hydrogen-bond acceptors (Lipinski definition) is 11. The second kappa shape index (κ2) is 16.2. The van der Waals surface area contributed by atoms with Crippen LogP contribution in [0.2, 0.25) is 0 Å². The number of aromatic hydroxyl groups is 1. The maximum atomic E-state index is 13.3. The number of nitrogens with one attached hydrogen (secondary N) is 3. The van der Waals surface area contributed by atoms with Crippen LogP contribution in [-0.4, -0.2) is 96.0 Å². The Balaban J connectivity index is 1.16. The first-order chi connectivity index (χ1) is 26.3. The van der Waals surface area contributed by atoms with Crippen molar-refractivity contribution in [3.05, 3.63) is 97.6 Å². The molecule has 2 aliphatic heterocycles. The van der Waals surface area contributed by atoms with Crippen LogP contribution in [0, 0.1) is 0 Å². The van der Waals surface area contributed by atoms with E-state index in [9.17, 15) is 29.1 Å². The predicted molar refractivity (Wildman–Crippen MR) is 210 cm³/mol. The van der Waals surface area contributed by atoms with Crippen LogP contribution in [0.15, 0.2) is 64.2 Å². The Morgan fingerprint density at radius 2 is 1.27 bits per heavy atom. The van der Waals surface area contributed by atoms with E-state index < -0.39 is 45.5 Å². The van der Waals surface area contributed by atoms with Crippen LogP contribution in [0.25, 0.3) is 22.5 Å². The van der Waals surface area contributed by atoms with Crippen molar-refractivity contribution in [2.24, 2.45) is 0 Å². The standard InChI is InChI=1S/C41H48N6O8/c1-6-25-24-31(36(49)43-33(25)26-8-12-28(13-9-26)45-18-16-42-17-19-45)38(51)54-39(52)32-35(48)30(7-2)34(44-37(32)50)27-10-14-29(15-11-27)46-20-22-47(23-21-46)40(53)55-41(3,4)5/h8-15,24,42H,6-7,16-23H2,1-5H3,(H,43,49)(H2,44,48,50). The molecule has 6 rings (SSSR count). The number of H-pyrrole nitrogens is 2. The van der Waals surface area contributed by atoms with Crippen LogP contribution in [-0.2, 0) is 22.3 Å². The summed E-state index contributed by atoms with van der Waals surface area (Å²) in [5.74, 6) is -3.23. The lowest BCUT2D eigenvalue weighted by Crippen LogP contribution is -2.50. The van der Waals surface area contributed by atoms with Gasteiger partial charge < -0.3 is 44.6 Å². The highest BCUT2D eigenvalue weighted by molar-refractivity contribution is 6.04. The van der Waals surface area contributed by atoms with E-state index in [0.29, 0.717) is 55.1 Å². The third-order valence-electron chi connectivity index (χ3n) is 9.85. The molecule has 4 heterocycles. The largest absolute Gasteiger partial charge is 0.506 e. The lowest BCUT2D eigenvalue weighted by Gasteiger charge is -2.36. The molecule has 2 aromatic heterocycles. The van der Waals surface area contributed by atoms with Crippen molar-refractivity contribution in [2.75, 3.05) is 62.2 Å². The number of anilines is 2. The third kappa shape index (κ3) is 8.59. The van der Waals surface area contributed by atoms with Gasteiger partial charge in [0.15, 0.2) is 5.56 Å². The van der Waals surface area contributed by atoms with Crippen molar-refractivity contribution < 1.29 is 29.0 Å². The van der Waals surface area contributed by atoms with Gasteiger partial charge in [0.05, 0.1) is 11.4 Å². The minimum absolute atomic E-state index is 0.234. The topological polar surface area (TPSA) is 177 Å². The number of rotatable bonds is 8. The maximum Gasteiger partial charge on any atom is 0.410 e. The number of carbonyl (C=O) groups is 3. The Morgan fingerprint density at radius 3 is 1.82 bits per heavy atom. The van der Waals surface area contributed by atoms with Gasteiger partial charge in [-0.05, 0) is 80.6 Å². The lowest BCUT2D eigenvalue weighted by atomic mass is 10.00. The van der Waals surface area contributed by atoms with Gasteiger partial charge >= 0.3 is 18.0 Å². The molecule has 290 valence electrons. The van der Waals surface area contributed by atoms with Crippen LogP contribution < -0.4 is 26.2 Å². The number of carbonyl (C=O) groups excluding carboxylic acids is 3. The van der Waals surface area contributed by atoms with Crippen molar-refractivity contribution in [2.45, 2.75) is 53.1 Å². The molecule has 0 unspecified atom stereocenters. The minimum Gasteiger partial charge on any atom is -0.506 e. The van der Waals surface area contributed by atoms with Crippen LogP contribution in [0.4, 0.5) is 16.2 Å². The smallest absolute Gasteiger partial charge is 0.410 e. The van der Waals surface area contributed by atoms with E-state index in [0.717, 1.165) is 43.1 Å². The number of benzene rings is 2. The summed E-state index contributed by atoms with van der Waals surface area (Å²) >= 11 is 0. The second-order valence-electron chi connectivity index (χ2n) is 14.6. The first-order valence-electron chi connectivity index (χ1n) is 18.7. The van der Waals surface area contributed by atoms with Crippen LogP contribution in [0.5, 0.6) is 5.75 Å². The summed E-state index contributed by atoms with van der Waals surface area (Å²) in [5, 5.41) is 14.5. The molecule has 4 aromatic rings. The van der Waals surface area contributed by atoms with E-state index in [1.807, 2.05) is 64.1 Å². The Bertz CT molecular complexity index is 2170. The van der Waals surface area contributed by atoms with E-state index >= 15 is 0 Å². The first kappa shape index (κ1) is 38.8. The molecule has 4 N–H and O–H groups in total. The average Bonchev–Trinajstić information content (AvgIpc) is 3.17. The first-order valence-corrected chi connectivity index (χ1v) is 18.7. The normalized spacial score (nSPS) is 14.8. The van der Waals surface area contributed by atoms with Crippen molar-refractivity contribution >= 4 is 29.4 Å². The summed E-state index contributed by atoms with van der Waals surface area (Å²) in [7, 11) is 0. The number of piperazine rings is 2. The number of nitrogens with zero attached hydrogens (tertiary/aromatic N) is 3. The Hall–Kier alpha value is -5.89. The number of amides is 1. The number of aromatic nitrogens is 2. The average molecular weight is 753 g/mol. The molecule has 14 heteroatoms. The predicted octanol–water partition coefficient (Wildman–Crippen LogP) is 4.69. The minimum atomic E-state index is -1.38. The molecule has 0 atom stereocenters. The fraction of sp³-hybridized carbons (Fsp3) is 0.390. The molecule has 2 aliphatic rings. The Labute approximate surface area is 319 Å². The summed E-state index contributed by atoms with van der Waals surface area (Å²) in [6.45, 7) is 14.9. The number of pyridine rings is 2. The lowest BCUT2D eigenvalue weighted by molar-refractivity contribution is 0.0239. The van der Waals surface area contributed by atoms with Gasteiger partial charge in [-0.25, -0.2) is 14.4 Å². The summed E-state index contributed by atoms with van der Waals surface area (Å²) in [6.07, 6.45) is 0.359. The van der Waals surface area contributed by atoms with Crippen molar-refractivity contribution in [3.63, 3.8) is 0 Å². The molecule has 2 fully saturated rings. The van der Waals surface area contributed by atoms with Crippen LogP contribution >= 0.6 is 0 Å². The number of ether oxygens (including phenoxy) is 2. The summed E-state index contributed by atoms with van der Waals surface area (Å²) in [4.78, 5) is 77.0.